The van der Waals surface area contributed by atoms with Gasteiger partial charge in [0.2, 0.25) is 0 Å². The van der Waals surface area contributed by atoms with Crippen molar-refractivity contribution in [1.82, 2.24) is 9.47 Å². The van der Waals surface area contributed by atoms with E-state index >= 15 is 0 Å². The summed E-state index contributed by atoms with van der Waals surface area (Å²) in [7, 11) is 0. The second kappa shape index (κ2) is 5.82. The molecule has 0 bridgehead atoms. The highest BCUT2D eigenvalue weighted by Crippen LogP contribution is 2.23. The molecule has 1 amide bonds. The number of rotatable bonds is 2. The molecule has 1 saturated heterocycles. The molecule has 0 unspecified atom stereocenters. The largest absolute Gasteiger partial charge is 0.415 e. The van der Waals surface area contributed by atoms with Crippen LogP contribution in [0.2, 0.25) is 0 Å². The first-order valence-electron chi connectivity index (χ1n) is 6.97. The lowest BCUT2D eigenvalue weighted by molar-refractivity contribution is 0.132. The van der Waals surface area contributed by atoms with Crippen LogP contribution in [0.25, 0.3) is 0 Å². The van der Waals surface area contributed by atoms with E-state index in [1.54, 1.807) is 17.0 Å². The van der Waals surface area contributed by atoms with Crippen molar-refractivity contribution >= 4 is 6.09 Å². The van der Waals surface area contributed by atoms with Gasteiger partial charge in [-0.15, -0.1) is 0 Å². The molecule has 4 nitrogen and oxygen atoms in total. The third-order valence-corrected chi connectivity index (χ3v) is 3.72. The quantitative estimate of drug-likeness (QED) is 0.839. The van der Waals surface area contributed by atoms with Gasteiger partial charge in [-0.3, -0.25) is 0 Å². The minimum absolute atomic E-state index is 0.248. The molecule has 3 rings (SSSR count). The zero-order chi connectivity index (χ0) is 13.8. The van der Waals surface area contributed by atoms with E-state index in [-0.39, 0.29) is 6.09 Å². The zero-order valence-corrected chi connectivity index (χ0v) is 11.3. The van der Waals surface area contributed by atoms with Gasteiger partial charge in [-0.05, 0) is 37.1 Å². The van der Waals surface area contributed by atoms with E-state index in [0.717, 1.165) is 25.9 Å². The molecule has 1 fully saturated rings. The second-order valence-electron chi connectivity index (χ2n) is 5.03. The lowest BCUT2D eigenvalue weighted by Crippen LogP contribution is -2.40. The molecule has 1 aromatic carbocycles. The van der Waals surface area contributed by atoms with Crippen LogP contribution in [0.15, 0.2) is 54.9 Å². The average molecular weight is 270 g/mol. The van der Waals surface area contributed by atoms with Gasteiger partial charge < -0.3 is 14.2 Å². The van der Waals surface area contributed by atoms with Gasteiger partial charge in [0.05, 0.1) is 0 Å². The topological polar surface area (TPSA) is 34.5 Å². The Hall–Kier alpha value is -2.23. The average Bonchev–Trinajstić information content (AvgIpc) is 3.03. The van der Waals surface area contributed by atoms with Crippen LogP contribution in [0.4, 0.5) is 4.79 Å². The molecule has 0 atom stereocenters. The van der Waals surface area contributed by atoms with Crippen LogP contribution in [0.3, 0.4) is 0 Å². The summed E-state index contributed by atoms with van der Waals surface area (Å²) >= 11 is 0. The van der Waals surface area contributed by atoms with Crippen LogP contribution >= 0.6 is 0 Å². The van der Waals surface area contributed by atoms with Gasteiger partial charge in [0.15, 0.2) is 0 Å². The van der Waals surface area contributed by atoms with Gasteiger partial charge in [0.1, 0.15) is 5.75 Å². The molecule has 4 heteroatoms. The van der Waals surface area contributed by atoms with Crippen molar-refractivity contribution in [3.05, 3.63) is 54.9 Å². The molecule has 0 aliphatic carbocycles. The number of carbonyl (C=O) groups excluding carboxylic acids is 1. The highest BCUT2D eigenvalue weighted by atomic mass is 16.6. The molecule has 1 aromatic heterocycles. The lowest BCUT2D eigenvalue weighted by atomic mass is 10.1. The number of hydrogen-bond acceptors (Lipinski definition) is 2. The van der Waals surface area contributed by atoms with Crippen LogP contribution in [0.1, 0.15) is 18.9 Å². The first-order chi connectivity index (χ1) is 9.83. The minimum atomic E-state index is -0.248. The number of carbonyl (C=O) groups is 1. The van der Waals surface area contributed by atoms with Crippen molar-refractivity contribution in [3.8, 4) is 5.75 Å². The second-order valence-corrected chi connectivity index (χ2v) is 5.03. The molecule has 104 valence electrons. The Bertz CT molecular complexity index is 543. The van der Waals surface area contributed by atoms with Gasteiger partial charge in [0.25, 0.3) is 0 Å². The SMILES string of the molecule is O=C(Oc1ccccc1)N1CCC(n2cccc2)CC1. The number of benzene rings is 1. The molecule has 1 aliphatic heterocycles. The Kier molecular flexibility index (Phi) is 3.72. The summed E-state index contributed by atoms with van der Waals surface area (Å²) in [6, 6.07) is 13.8. The maximum absolute atomic E-state index is 12.1. The van der Waals surface area contributed by atoms with E-state index in [2.05, 4.69) is 17.0 Å². The zero-order valence-electron chi connectivity index (χ0n) is 11.3. The summed E-state index contributed by atoms with van der Waals surface area (Å²) < 4.78 is 7.58. The molecule has 0 radical (unpaired) electrons. The van der Waals surface area contributed by atoms with Crippen LogP contribution in [0.5, 0.6) is 5.75 Å². The fraction of sp³-hybridized carbons (Fsp3) is 0.312. The van der Waals surface area contributed by atoms with Crippen molar-refractivity contribution in [2.45, 2.75) is 18.9 Å². The Labute approximate surface area is 118 Å². The molecular formula is C16H18N2O2. The maximum Gasteiger partial charge on any atom is 0.415 e. The smallest absolute Gasteiger partial charge is 0.410 e. The normalized spacial score (nSPS) is 16.1. The lowest BCUT2D eigenvalue weighted by Gasteiger charge is -2.32. The van der Waals surface area contributed by atoms with Crippen molar-refractivity contribution in [3.63, 3.8) is 0 Å². The number of aromatic nitrogens is 1. The maximum atomic E-state index is 12.1. The number of nitrogens with zero attached hydrogens (tertiary/aromatic N) is 2. The molecule has 0 saturated carbocycles. The van der Waals surface area contributed by atoms with Gasteiger partial charge in [-0.1, -0.05) is 18.2 Å². The molecule has 0 spiro atoms. The summed E-state index contributed by atoms with van der Waals surface area (Å²) in [6.07, 6.45) is 5.87. The molecule has 20 heavy (non-hydrogen) atoms. The molecular weight excluding hydrogens is 252 g/mol. The number of hydrogen-bond donors (Lipinski definition) is 0. The molecule has 0 N–H and O–H groups in total. The molecule has 1 aliphatic rings. The number of ether oxygens (including phenoxy) is 1. The van der Waals surface area contributed by atoms with Gasteiger partial charge in [-0.25, -0.2) is 4.79 Å². The van der Waals surface area contributed by atoms with E-state index < -0.39 is 0 Å². The fourth-order valence-corrected chi connectivity index (χ4v) is 2.59. The highest BCUT2D eigenvalue weighted by Gasteiger charge is 2.24. The van der Waals surface area contributed by atoms with Crippen molar-refractivity contribution in [2.24, 2.45) is 0 Å². The molecule has 2 heterocycles. The summed E-state index contributed by atoms with van der Waals surface area (Å²) in [4.78, 5) is 13.8. The third-order valence-electron chi connectivity index (χ3n) is 3.72. The van der Waals surface area contributed by atoms with Gasteiger partial charge in [-0.2, -0.15) is 0 Å². The third kappa shape index (κ3) is 2.85. The van der Waals surface area contributed by atoms with Crippen LogP contribution < -0.4 is 4.74 Å². The van der Waals surface area contributed by atoms with E-state index in [9.17, 15) is 4.79 Å². The van der Waals surface area contributed by atoms with Crippen LogP contribution in [-0.2, 0) is 0 Å². The van der Waals surface area contributed by atoms with E-state index in [0.29, 0.717) is 11.8 Å². The van der Waals surface area contributed by atoms with Crippen LogP contribution in [0, 0.1) is 0 Å². The van der Waals surface area contributed by atoms with Crippen molar-refractivity contribution in [1.29, 1.82) is 0 Å². The standard InChI is InChI=1S/C16H18N2O2/c19-16(20-15-6-2-1-3-7-15)18-12-8-14(9-13-18)17-10-4-5-11-17/h1-7,10-11,14H,8-9,12-13H2. The summed E-state index contributed by atoms with van der Waals surface area (Å²) in [5.74, 6) is 0.602. The van der Waals surface area contributed by atoms with Gasteiger partial charge >= 0.3 is 6.09 Å². The minimum Gasteiger partial charge on any atom is -0.410 e. The number of likely N-dealkylation sites (tertiary alicyclic amines) is 1. The van der Waals surface area contributed by atoms with Gasteiger partial charge in [0, 0.05) is 31.5 Å². The van der Waals surface area contributed by atoms with E-state index in [1.807, 2.05) is 30.3 Å². The number of piperidine rings is 1. The predicted molar refractivity (Wildman–Crippen MR) is 76.7 cm³/mol. The Balaban J connectivity index is 1.54. The summed E-state index contributed by atoms with van der Waals surface area (Å²) in [6.45, 7) is 1.49. The van der Waals surface area contributed by atoms with Crippen molar-refractivity contribution < 1.29 is 9.53 Å². The van der Waals surface area contributed by atoms with Crippen molar-refractivity contribution in [2.75, 3.05) is 13.1 Å². The summed E-state index contributed by atoms with van der Waals surface area (Å²) in [5, 5.41) is 0. The number of amides is 1. The fourth-order valence-electron chi connectivity index (χ4n) is 2.59. The first-order valence-corrected chi connectivity index (χ1v) is 6.97. The molecule has 2 aromatic rings. The summed E-state index contributed by atoms with van der Waals surface area (Å²) in [5.41, 5.74) is 0. The Morgan fingerprint density at radius 3 is 2.30 bits per heavy atom. The van der Waals surface area contributed by atoms with Crippen LogP contribution in [-0.4, -0.2) is 28.6 Å². The first kappa shape index (κ1) is 12.8. The predicted octanol–water partition coefficient (Wildman–Crippen LogP) is 3.32. The highest BCUT2D eigenvalue weighted by molar-refractivity contribution is 5.70. The van der Waals surface area contributed by atoms with E-state index in [4.69, 9.17) is 4.74 Å². The van der Waals surface area contributed by atoms with E-state index in [1.165, 1.54) is 0 Å². The monoisotopic (exact) mass is 270 g/mol. The Morgan fingerprint density at radius 2 is 1.65 bits per heavy atom. The number of para-hydroxylation sites is 1. The Morgan fingerprint density at radius 1 is 1.00 bits per heavy atom.